The SMILES string of the molecule is CC(=O)O.C[C@H]1NC(=O)[C@@H]2CCCN2C(=O)[C@H](CC(N)=O)NC(=O)[C@H]2CSSC[C@@H](N)C(=O)N[C@@H]3CSSC[C@@H](NC1=O)C(=O)N[C@@H]([C@@H](C)O)C(=O)NCC(=O)N[C@H](C(=O)N[C@@H](Cc1ccc(O)cc1)C(=O)O)CSSC[C@H](NC(=O)[C@H](Cc1ccc(O)cc1)NC(=O)[C@H](CCC(=O)O)NC3=O)C(=O)N2. The van der Waals surface area contributed by atoms with E-state index in [9.17, 15) is 92.7 Å². The average molecular weight is 1590 g/mol. The zero-order valence-electron chi connectivity index (χ0n) is 56.5. The molecule has 4 aliphatic rings. The van der Waals surface area contributed by atoms with Crippen molar-refractivity contribution in [2.45, 2.75) is 150 Å². The molecule has 6 rings (SSSR count). The van der Waals surface area contributed by atoms with Crippen LogP contribution in [0, 0.1) is 0 Å². The molecule has 4 saturated heterocycles. The highest BCUT2D eigenvalue weighted by Crippen LogP contribution is 2.28. The summed E-state index contributed by atoms with van der Waals surface area (Å²) >= 11 is 0. The van der Waals surface area contributed by atoms with Crippen LogP contribution in [-0.4, -0.2) is 268 Å². The van der Waals surface area contributed by atoms with E-state index < -0.39 is 246 Å². The van der Waals surface area contributed by atoms with E-state index in [1.807, 2.05) is 0 Å². The summed E-state index contributed by atoms with van der Waals surface area (Å²) in [6.07, 6.45) is -4.71. The van der Waals surface area contributed by atoms with Gasteiger partial charge in [-0.05, 0) is 68.5 Å². The second-order valence-corrected chi connectivity index (χ2v) is 31.6. The van der Waals surface area contributed by atoms with Crippen LogP contribution in [0.3, 0.4) is 0 Å². The lowest BCUT2D eigenvalue weighted by molar-refractivity contribution is -0.143. The molecule has 0 spiro atoms. The van der Waals surface area contributed by atoms with Crippen LogP contribution in [0.4, 0.5) is 0 Å². The number of primary amides is 1. The third-order valence-electron chi connectivity index (χ3n) is 15.6. The van der Waals surface area contributed by atoms with Crippen LogP contribution in [0.25, 0.3) is 0 Å². The van der Waals surface area contributed by atoms with Crippen molar-refractivity contribution in [3.05, 3.63) is 59.7 Å². The summed E-state index contributed by atoms with van der Waals surface area (Å²) in [5, 5.41) is 87.9. The van der Waals surface area contributed by atoms with Gasteiger partial charge in [-0.25, -0.2) is 4.79 Å². The number of aliphatic hydroxyl groups is 1. The van der Waals surface area contributed by atoms with Gasteiger partial charge in [0.2, 0.25) is 82.7 Å². The highest BCUT2D eigenvalue weighted by molar-refractivity contribution is 8.77. The zero-order chi connectivity index (χ0) is 77.8. The van der Waals surface area contributed by atoms with Gasteiger partial charge in [-0.3, -0.25) is 76.7 Å². The van der Waals surface area contributed by atoms with Gasteiger partial charge < -0.3 is 111 Å². The van der Waals surface area contributed by atoms with Crippen LogP contribution in [-0.2, 0) is 94.3 Å². The lowest BCUT2D eigenvalue weighted by Crippen LogP contribution is -2.61. The molecule has 105 heavy (non-hydrogen) atoms. The second kappa shape index (κ2) is 42.9. The minimum atomic E-state index is -1.93. The molecule has 2 aromatic carbocycles. The quantitative estimate of drug-likeness (QED) is 0.0656. The Hall–Kier alpha value is -8.95. The van der Waals surface area contributed by atoms with Crippen molar-refractivity contribution in [1.82, 2.24) is 68.7 Å². The molecule has 0 saturated carbocycles. The number of aliphatic carboxylic acids is 3. The van der Waals surface area contributed by atoms with Gasteiger partial charge in [0.15, 0.2) is 0 Å². The first-order valence-electron chi connectivity index (χ1n) is 32.2. The molecule has 14 atom stereocenters. The number of benzene rings is 2. The van der Waals surface area contributed by atoms with Crippen LogP contribution < -0.4 is 75.3 Å². The number of carbonyl (C=O) groups is 17. The Balaban J connectivity index is 0.00000482. The minimum Gasteiger partial charge on any atom is -0.508 e. The summed E-state index contributed by atoms with van der Waals surface area (Å²) in [5.41, 5.74) is 12.6. The van der Waals surface area contributed by atoms with Crippen molar-refractivity contribution in [2.24, 2.45) is 11.5 Å². The third-order valence-corrected chi connectivity index (χ3v) is 22.9. The Morgan fingerprint density at radius 1 is 0.571 bits per heavy atom. The highest BCUT2D eigenvalue weighted by Gasteiger charge is 2.42. The molecule has 2 aromatic rings. The number of carbonyl (C=O) groups excluding carboxylic acids is 14. The third kappa shape index (κ3) is 29.1. The smallest absolute Gasteiger partial charge is 0.326 e. The van der Waals surface area contributed by atoms with Crippen LogP contribution in [0.5, 0.6) is 11.5 Å². The van der Waals surface area contributed by atoms with Crippen molar-refractivity contribution < 1.29 is 112 Å². The number of carboxylic acids is 3. The molecule has 0 aliphatic carbocycles. The number of rotatable bonds is 13. The molecule has 4 fully saturated rings. The topological polar surface area (TPSA) is 611 Å². The largest absolute Gasteiger partial charge is 0.508 e. The van der Waals surface area contributed by atoms with E-state index in [2.05, 4.69) is 63.8 Å². The van der Waals surface area contributed by atoms with Crippen LogP contribution in [0.15, 0.2) is 48.5 Å². The maximum absolute atomic E-state index is 15.1. The van der Waals surface area contributed by atoms with Gasteiger partial charge in [-0.1, -0.05) is 89.0 Å². The molecule has 22 N–H and O–H groups in total. The normalized spacial score (nSPS) is 26.5. The molecule has 38 nitrogen and oxygen atoms in total. The van der Waals surface area contributed by atoms with Crippen molar-refractivity contribution in [2.75, 3.05) is 47.6 Å². The van der Waals surface area contributed by atoms with Gasteiger partial charge >= 0.3 is 11.9 Å². The first-order valence-corrected chi connectivity index (χ1v) is 39.6. The summed E-state index contributed by atoms with van der Waals surface area (Å²) in [6, 6.07) is -11.7. The second-order valence-electron chi connectivity index (χ2n) is 24.0. The van der Waals surface area contributed by atoms with Gasteiger partial charge in [0, 0.05) is 67.2 Å². The summed E-state index contributed by atoms with van der Waals surface area (Å²) in [7, 11) is 4.74. The van der Waals surface area contributed by atoms with E-state index in [1.54, 1.807) is 0 Å². The lowest BCUT2D eigenvalue weighted by atomic mass is 10.0. The Morgan fingerprint density at radius 3 is 1.57 bits per heavy atom. The molecule has 4 heterocycles. The van der Waals surface area contributed by atoms with Gasteiger partial charge in [0.05, 0.1) is 25.1 Å². The predicted molar refractivity (Wildman–Crippen MR) is 384 cm³/mol. The molecule has 4 bridgehead atoms. The number of fused-ring (bicyclic) bond motifs is 20. The fourth-order valence-electron chi connectivity index (χ4n) is 10.0. The number of phenols is 2. The zero-order valence-corrected chi connectivity index (χ0v) is 61.4. The molecular formula is C61H83N15O23S6. The number of hydrogen-bond donors (Lipinski definition) is 20. The van der Waals surface area contributed by atoms with Gasteiger partial charge in [-0.2, -0.15) is 0 Å². The minimum absolute atomic E-state index is 0.00937. The number of nitrogens with two attached hydrogens (primary N) is 2. The summed E-state index contributed by atoms with van der Waals surface area (Å²) in [6.45, 7) is 2.26. The van der Waals surface area contributed by atoms with Gasteiger partial charge in [0.25, 0.3) is 5.97 Å². The predicted octanol–water partition coefficient (Wildman–Crippen LogP) is -5.85. The first-order chi connectivity index (χ1) is 49.6. The maximum Gasteiger partial charge on any atom is 0.326 e. The number of phenolic OH excluding ortho intramolecular Hbond substituents is 2. The van der Waals surface area contributed by atoms with Crippen LogP contribution in [0.2, 0.25) is 0 Å². The van der Waals surface area contributed by atoms with Crippen molar-refractivity contribution in [3.8, 4) is 11.5 Å². The summed E-state index contributed by atoms with van der Waals surface area (Å²) in [4.78, 5) is 236. The van der Waals surface area contributed by atoms with Crippen LogP contribution in [0.1, 0.15) is 64.0 Å². The average Bonchev–Trinajstić information content (AvgIpc) is 1.74. The standard InChI is InChI=1S/C59H79N15O21S6.C2H4O2/c1-26-47(82)69-41-25-101-99-22-38-52(87)65-33(13-14-45(80)81)49(84)66-34(16-28-5-9-30(76)10-6-28)50(85)71-40(54(89)72-39(23-97-96-20-32(60)48(83)70-38)53(88)67-35(18-43(61)78)58(93)74-15-3-4-42(74)56(91)63-26)24-100-98-21-37(64-44(79)19-62-57(92)46(27(2)75)73-55(41)90)51(86)68-36(59(94)95)17-29-7-11-31(77)12-8-29;1-2(3)4/h5-12,26-27,32-42,46,75-77H,3-4,13-25,60H2,1-2H3,(H2,61,78)(H,62,92)(H,63,91)(H,64,79)(H,65,87)(H,66,84)(H,67,88)(H,68,86)(H,69,82)(H,70,83)(H,71,85)(H,72,89)(H,73,90)(H,80,81)(H,94,95);1H3,(H,3,4)/t26-,27-,32-,33+,34+,35+,36+,37+,38-,39-,40+,41-,42+,46+;/m1./s1. The van der Waals surface area contributed by atoms with Crippen molar-refractivity contribution >= 4 is 165 Å². The fourth-order valence-corrected chi connectivity index (χ4v) is 17.0. The van der Waals surface area contributed by atoms with Crippen LogP contribution >= 0.6 is 64.8 Å². The Labute approximate surface area is 623 Å². The molecule has 576 valence electrons. The summed E-state index contributed by atoms with van der Waals surface area (Å²) in [5.74, 6) is -22.5. The first kappa shape index (κ1) is 86.7. The molecule has 4 aliphatic heterocycles. The van der Waals surface area contributed by atoms with E-state index in [0.29, 0.717) is 5.56 Å². The molecule has 44 heteroatoms. The molecule has 14 amide bonds. The number of nitrogens with zero attached hydrogens (tertiary/aromatic N) is 1. The number of nitrogens with one attached hydrogen (secondary N) is 12. The number of amides is 14. The summed E-state index contributed by atoms with van der Waals surface area (Å²) < 4.78 is 0. The molecule has 0 aromatic heterocycles. The maximum atomic E-state index is 15.1. The van der Waals surface area contributed by atoms with E-state index in [0.717, 1.165) is 83.5 Å². The monoisotopic (exact) mass is 1590 g/mol. The number of aromatic hydroxyl groups is 2. The molecule has 0 unspecified atom stereocenters. The number of carboxylic acid groups (broad SMARTS) is 3. The Morgan fingerprint density at radius 2 is 1.04 bits per heavy atom. The highest BCUT2D eigenvalue weighted by atomic mass is 33.1. The molecular weight excluding hydrogens is 1500 g/mol. The van der Waals surface area contributed by atoms with E-state index in [4.69, 9.17) is 21.4 Å². The van der Waals surface area contributed by atoms with E-state index in [1.165, 1.54) is 55.5 Å². The number of hydrogen-bond acceptors (Lipinski definition) is 27. The van der Waals surface area contributed by atoms with Gasteiger partial charge in [0.1, 0.15) is 84.0 Å². The van der Waals surface area contributed by atoms with Gasteiger partial charge in [-0.15, -0.1) is 0 Å². The number of aliphatic hydroxyl groups excluding tert-OH is 1. The van der Waals surface area contributed by atoms with Crippen molar-refractivity contribution in [1.29, 1.82) is 0 Å². The molecule has 0 radical (unpaired) electrons. The van der Waals surface area contributed by atoms with E-state index in [-0.39, 0.29) is 48.6 Å². The Bertz CT molecular complexity index is 3510. The van der Waals surface area contributed by atoms with Crippen molar-refractivity contribution in [3.63, 3.8) is 0 Å². The lowest BCUT2D eigenvalue weighted by Gasteiger charge is -2.30. The fraction of sp³-hybridized carbons (Fsp3) is 0.525. The van der Waals surface area contributed by atoms with E-state index >= 15 is 9.59 Å². The Kier molecular flexibility index (Phi) is 35.4.